The van der Waals surface area contributed by atoms with Gasteiger partial charge in [-0.25, -0.2) is 0 Å². The number of fused-ring (bicyclic) bond motifs is 1. The minimum absolute atomic E-state index is 0.00344. The molecule has 164 valence electrons. The van der Waals surface area contributed by atoms with Gasteiger partial charge in [-0.15, -0.1) is 0 Å². The Balaban J connectivity index is 1.67. The quantitative estimate of drug-likeness (QED) is 0.342. The van der Waals surface area contributed by atoms with Crippen LogP contribution in [0.4, 0.5) is 0 Å². The highest BCUT2D eigenvalue weighted by molar-refractivity contribution is 6.46. The zero-order chi connectivity index (χ0) is 22.2. The van der Waals surface area contributed by atoms with Crippen LogP contribution in [0, 0.1) is 0 Å². The summed E-state index contributed by atoms with van der Waals surface area (Å²) in [7, 11) is 0. The van der Waals surface area contributed by atoms with Crippen LogP contribution < -0.4 is 4.74 Å². The summed E-state index contributed by atoms with van der Waals surface area (Å²) in [5, 5.41) is 12.2. The van der Waals surface area contributed by atoms with Gasteiger partial charge in [0.25, 0.3) is 11.7 Å². The van der Waals surface area contributed by atoms with E-state index in [-0.39, 0.29) is 17.4 Å². The van der Waals surface area contributed by atoms with Gasteiger partial charge in [0, 0.05) is 28.7 Å². The Morgan fingerprint density at radius 3 is 2.53 bits per heavy atom. The molecule has 2 N–H and O–H groups in total. The van der Waals surface area contributed by atoms with Gasteiger partial charge >= 0.3 is 0 Å². The predicted molar refractivity (Wildman–Crippen MR) is 122 cm³/mol. The zero-order valence-electron chi connectivity index (χ0n) is 18.0. The molecule has 2 aromatic carbocycles. The van der Waals surface area contributed by atoms with Crippen LogP contribution in [0.25, 0.3) is 16.7 Å². The van der Waals surface area contributed by atoms with Crippen molar-refractivity contribution in [2.75, 3.05) is 6.61 Å². The van der Waals surface area contributed by atoms with Crippen LogP contribution in [0.2, 0.25) is 0 Å². The largest absolute Gasteiger partial charge is 0.507 e. The number of benzene rings is 2. The van der Waals surface area contributed by atoms with Gasteiger partial charge in [-0.05, 0) is 43.5 Å². The second kappa shape index (κ2) is 8.19. The number of rotatable bonds is 5. The molecule has 2 aliphatic rings. The molecule has 2 heterocycles. The average Bonchev–Trinajstić information content (AvgIpc) is 3.53. The van der Waals surface area contributed by atoms with Crippen molar-refractivity contribution in [2.45, 2.75) is 44.7 Å². The topological polar surface area (TPSA) is 82.6 Å². The Hall–Kier alpha value is -3.54. The lowest BCUT2D eigenvalue weighted by atomic mass is 9.94. The number of nitrogens with one attached hydrogen (secondary N) is 1. The number of likely N-dealkylation sites (tertiary alicyclic amines) is 1. The highest BCUT2D eigenvalue weighted by Crippen LogP contribution is 2.44. The van der Waals surface area contributed by atoms with Crippen molar-refractivity contribution < 1.29 is 19.4 Å². The fourth-order valence-electron chi connectivity index (χ4n) is 5.06. The molecule has 0 bridgehead atoms. The van der Waals surface area contributed by atoms with Crippen LogP contribution in [0.3, 0.4) is 0 Å². The molecule has 1 aliphatic carbocycles. The van der Waals surface area contributed by atoms with Gasteiger partial charge in [-0.1, -0.05) is 43.2 Å². The first-order chi connectivity index (χ1) is 15.6. The Morgan fingerprint density at radius 1 is 1.09 bits per heavy atom. The van der Waals surface area contributed by atoms with Crippen molar-refractivity contribution in [3.63, 3.8) is 0 Å². The summed E-state index contributed by atoms with van der Waals surface area (Å²) in [4.78, 5) is 31.3. The van der Waals surface area contributed by atoms with Crippen molar-refractivity contribution in [3.05, 3.63) is 71.4 Å². The average molecular weight is 431 g/mol. The number of nitrogens with zero attached hydrogens (tertiary/aromatic N) is 1. The number of aliphatic hydroxyl groups is 1. The number of aliphatic hydroxyl groups excluding tert-OH is 1. The Labute approximate surface area is 186 Å². The number of amides is 1. The lowest BCUT2D eigenvalue weighted by Crippen LogP contribution is -2.37. The number of carbonyl (C=O) groups is 2. The van der Waals surface area contributed by atoms with Crippen molar-refractivity contribution in [1.29, 1.82) is 0 Å². The highest BCUT2D eigenvalue weighted by Gasteiger charge is 2.49. The smallest absolute Gasteiger partial charge is 0.295 e. The summed E-state index contributed by atoms with van der Waals surface area (Å²) in [6.07, 6.45) is 5.50. The minimum Gasteiger partial charge on any atom is -0.507 e. The van der Waals surface area contributed by atoms with E-state index in [0.717, 1.165) is 47.9 Å². The Bertz CT molecular complexity index is 1200. The van der Waals surface area contributed by atoms with E-state index in [1.807, 2.05) is 55.5 Å². The number of ketones is 1. The van der Waals surface area contributed by atoms with Gasteiger partial charge in [0.1, 0.15) is 11.5 Å². The van der Waals surface area contributed by atoms with Crippen LogP contribution in [-0.2, 0) is 9.59 Å². The third-order valence-electron chi connectivity index (χ3n) is 6.55. The third-order valence-corrected chi connectivity index (χ3v) is 6.55. The fraction of sp³-hybridized carbons (Fsp3) is 0.308. The van der Waals surface area contributed by atoms with Gasteiger partial charge in [-0.3, -0.25) is 9.59 Å². The Kier molecular flexibility index (Phi) is 5.21. The number of ether oxygens (including phenoxy) is 1. The number of H-pyrrole nitrogens is 1. The summed E-state index contributed by atoms with van der Waals surface area (Å²) in [6.45, 7) is 2.48. The zero-order valence-corrected chi connectivity index (χ0v) is 18.0. The number of para-hydroxylation sites is 1. The van der Waals surface area contributed by atoms with E-state index < -0.39 is 17.7 Å². The second-order valence-electron chi connectivity index (χ2n) is 8.39. The van der Waals surface area contributed by atoms with Crippen LogP contribution >= 0.6 is 0 Å². The fourth-order valence-corrected chi connectivity index (χ4v) is 5.06. The standard InChI is InChI=1S/C26H26N2O4/c1-2-32-18-13-11-16(12-14-18)23-22(25(30)26(31)28(23)17-7-3-4-8-17)24(29)20-15-27-21-10-6-5-9-19(20)21/h5-6,9-15,17,23,27,29H,2-4,7-8H2,1H3/b24-22-. The SMILES string of the molecule is CCOc1ccc(C2/C(=C(/O)c3c[nH]c4ccccc34)C(=O)C(=O)N2C2CCCC2)cc1. The first kappa shape index (κ1) is 20.4. The van der Waals surface area contributed by atoms with E-state index >= 15 is 0 Å². The number of hydrogen-bond acceptors (Lipinski definition) is 4. The number of carbonyl (C=O) groups excluding carboxylic acids is 2. The molecule has 0 radical (unpaired) electrons. The minimum atomic E-state index is -0.626. The van der Waals surface area contributed by atoms with Crippen LogP contribution in [-0.4, -0.2) is 39.3 Å². The second-order valence-corrected chi connectivity index (χ2v) is 8.39. The molecule has 1 unspecified atom stereocenters. The molecule has 1 atom stereocenters. The third kappa shape index (κ3) is 3.27. The molecule has 1 amide bonds. The lowest BCUT2D eigenvalue weighted by Gasteiger charge is -2.30. The van der Waals surface area contributed by atoms with Crippen molar-refractivity contribution >= 4 is 28.4 Å². The molecule has 0 spiro atoms. The Morgan fingerprint density at radius 2 is 1.81 bits per heavy atom. The first-order valence-electron chi connectivity index (χ1n) is 11.2. The maximum Gasteiger partial charge on any atom is 0.295 e. The molecule has 1 aromatic heterocycles. The van der Waals surface area contributed by atoms with E-state index in [1.165, 1.54) is 0 Å². The molecular formula is C26H26N2O4. The van der Waals surface area contributed by atoms with Crippen molar-refractivity contribution in [3.8, 4) is 5.75 Å². The first-order valence-corrected chi connectivity index (χ1v) is 11.2. The van der Waals surface area contributed by atoms with E-state index in [2.05, 4.69) is 4.98 Å². The molecule has 1 aliphatic heterocycles. The van der Waals surface area contributed by atoms with Crippen LogP contribution in [0.5, 0.6) is 5.75 Å². The highest BCUT2D eigenvalue weighted by atomic mass is 16.5. The number of aromatic nitrogens is 1. The maximum absolute atomic E-state index is 13.3. The molecular weight excluding hydrogens is 404 g/mol. The normalized spacial score (nSPS) is 21.0. The van der Waals surface area contributed by atoms with Crippen LogP contribution in [0.15, 0.2) is 60.3 Å². The lowest BCUT2D eigenvalue weighted by molar-refractivity contribution is -0.141. The van der Waals surface area contributed by atoms with Gasteiger partial charge < -0.3 is 19.7 Å². The molecule has 32 heavy (non-hydrogen) atoms. The molecule has 2 fully saturated rings. The number of Topliss-reactive ketones (excluding diaryl/α,β-unsaturated/α-hetero) is 1. The van der Waals surface area contributed by atoms with E-state index in [4.69, 9.17) is 4.74 Å². The summed E-state index contributed by atoms with van der Waals surface area (Å²) in [5.74, 6) is -0.568. The van der Waals surface area contributed by atoms with Gasteiger partial charge in [0.2, 0.25) is 0 Å². The molecule has 5 rings (SSSR count). The summed E-state index contributed by atoms with van der Waals surface area (Å²) in [5.41, 5.74) is 2.33. The van der Waals surface area contributed by atoms with E-state index in [1.54, 1.807) is 11.1 Å². The summed E-state index contributed by atoms with van der Waals surface area (Å²) in [6, 6.07) is 14.4. The van der Waals surface area contributed by atoms with Gasteiger partial charge in [0.05, 0.1) is 18.2 Å². The predicted octanol–water partition coefficient (Wildman–Crippen LogP) is 4.93. The monoisotopic (exact) mass is 430 g/mol. The number of hydrogen-bond donors (Lipinski definition) is 2. The van der Waals surface area contributed by atoms with E-state index in [9.17, 15) is 14.7 Å². The van der Waals surface area contributed by atoms with Crippen molar-refractivity contribution in [1.82, 2.24) is 9.88 Å². The van der Waals surface area contributed by atoms with Gasteiger partial charge in [0.15, 0.2) is 0 Å². The molecule has 3 aromatic rings. The molecule has 6 nitrogen and oxygen atoms in total. The summed E-state index contributed by atoms with van der Waals surface area (Å²) >= 11 is 0. The van der Waals surface area contributed by atoms with Crippen LogP contribution in [0.1, 0.15) is 49.8 Å². The maximum atomic E-state index is 13.3. The van der Waals surface area contributed by atoms with Crippen molar-refractivity contribution in [2.24, 2.45) is 0 Å². The molecule has 1 saturated carbocycles. The van der Waals surface area contributed by atoms with E-state index in [0.29, 0.717) is 12.2 Å². The number of aromatic amines is 1. The molecule has 1 saturated heterocycles. The summed E-state index contributed by atoms with van der Waals surface area (Å²) < 4.78 is 5.56. The van der Waals surface area contributed by atoms with Gasteiger partial charge in [-0.2, -0.15) is 0 Å². The molecule has 6 heteroatoms.